The molecule has 0 amide bonds. The first kappa shape index (κ1) is 20.8. The van der Waals surface area contributed by atoms with Crippen LogP contribution in [0, 0.1) is 40.9 Å². The summed E-state index contributed by atoms with van der Waals surface area (Å²) < 4.78 is 0. The second-order valence-corrected chi connectivity index (χ2v) is 8.71. The zero-order chi connectivity index (χ0) is 21.7. The van der Waals surface area contributed by atoms with E-state index in [2.05, 4.69) is 58.2 Å². The second kappa shape index (κ2) is 9.16. The van der Waals surface area contributed by atoms with E-state index in [9.17, 15) is 5.26 Å². The SMILES string of the molecule is Cc1cccc(CC2(C#N)CCN(Cc3cnc[nH]3)CC2Cc2ccc(C#N)cc2)c1. The van der Waals surface area contributed by atoms with Crippen molar-refractivity contribution in [2.75, 3.05) is 13.1 Å². The number of hydrogen-bond donors (Lipinski definition) is 1. The number of nitrogens with one attached hydrogen (secondary N) is 1. The number of aromatic nitrogens is 2. The highest BCUT2D eigenvalue weighted by Gasteiger charge is 2.43. The van der Waals surface area contributed by atoms with Crippen LogP contribution in [0.25, 0.3) is 0 Å². The van der Waals surface area contributed by atoms with Crippen LogP contribution in [0.15, 0.2) is 61.1 Å². The molecule has 2 heterocycles. The van der Waals surface area contributed by atoms with Crippen LogP contribution >= 0.6 is 0 Å². The Hall–Kier alpha value is -3.41. The number of imidazole rings is 1. The van der Waals surface area contributed by atoms with Gasteiger partial charge in [-0.05, 0) is 55.4 Å². The summed E-state index contributed by atoms with van der Waals surface area (Å²) in [7, 11) is 0. The highest BCUT2D eigenvalue weighted by atomic mass is 15.1. The van der Waals surface area contributed by atoms with Gasteiger partial charge in [0.1, 0.15) is 0 Å². The van der Waals surface area contributed by atoms with E-state index in [1.165, 1.54) is 16.7 Å². The van der Waals surface area contributed by atoms with E-state index in [1.54, 1.807) is 6.33 Å². The first-order valence-electron chi connectivity index (χ1n) is 10.8. The third-order valence-corrected chi connectivity index (χ3v) is 6.47. The molecular weight excluding hydrogens is 382 g/mol. The third kappa shape index (κ3) is 4.85. The molecule has 1 fully saturated rings. The number of benzene rings is 2. The van der Waals surface area contributed by atoms with Crippen LogP contribution in [0.1, 0.15) is 34.4 Å². The van der Waals surface area contributed by atoms with Crippen molar-refractivity contribution in [3.05, 3.63) is 89.0 Å². The summed E-state index contributed by atoms with van der Waals surface area (Å²) in [6.07, 6.45) is 6.01. The molecule has 1 aliphatic heterocycles. The fraction of sp³-hybridized carbons (Fsp3) is 0.346. The standard InChI is InChI=1S/C26H27N5/c1-20-3-2-4-23(11-20)13-26(18-28)9-10-31(17-25-15-29-19-30-25)16-24(26)12-21-5-7-22(14-27)8-6-21/h2-8,11,15,19,24H,9-10,12-13,16-17H2,1H3,(H,29,30). The van der Waals surface area contributed by atoms with E-state index in [-0.39, 0.29) is 5.92 Å². The molecule has 2 unspecified atom stereocenters. The zero-order valence-corrected chi connectivity index (χ0v) is 17.9. The summed E-state index contributed by atoms with van der Waals surface area (Å²) in [4.78, 5) is 9.76. The van der Waals surface area contributed by atoms with Crippen molar-refractivity contribution < 1.29 is 0 Å². The molecule has 4 rings (SSSR count). The maximum atomic E-state index is 10.4. The lowest BCUT2D eigenvalue weighted by atomic mass is 9.65. The fourth-order valence-electron chi connectivity index (χ4n) is 4.76. The Balaban J connectivity index is 1.60. The molecule has 156 valence electrons. The van der Waals surface area contributed by atoms with E-state index in [0.717, 1.165) is 44.6 Å². The largest absolute Gasteiger partial charge is 0.347 e. The first-order chi connectivity index (χ1) is 15.1. The van der Waals surface area contributed by atoms with Gasteiger partial charge >= 0.3 is 0 Å². The Labute approximate surface area is 184 Å². The predicted octanol–water partition coefficient (Wildman–Crippen LogP) is 4.41. The first-order valence-corrected chi connectivity index (χ1v) is 10.8. The quantitative estimate of drug-likeness (QED) is 0.654. The molecule has 2 aromatic carbocycles. The van der Waals surface area contributed by atoms with Crippen LogP contribution in [0.4, 0.5) is 0 Å². The number of likely N-dealkylation sites (tertiary alicyclic amines) is 1. The molecule has 0 aliphatic carbocycles. The normalized spacial score (nSPS) is 21.3. The minimum atomic E-state index is -0.411. The lowest BCUT2D eigenvalue weighted by molar-refractivity contribution is 0.0677. The summed E-state index contributed by atoms with van der Waals surface area (Å²) in [5.41, 5.74) is 4.99. The average Bonchev–Trinajstić information content (AvgIpc) is 3.29. The second-order valence-electron chi connectivity index (χ2n) is 8.71. The molecule has 0 radical (unpaired) electrons. The number of rotatable bonds is 6. The number of nitrogens with zero attached hydrogens (tertiary/aromatic N) is 4. The molecule has 5 nitrogen and oxygen atoms in total. The van der Waals surface area contributed by atoms with Gasteiger partial charge in [0.05, 0.1) is 29.4 Å². The topological polar surface area (TPSA) is 79.5 Å². The maximum absolute atomic E-state index is 10.4. The van der Waals surface area contributed by atoms with E-state index in [4.69, 9.17) is 5.26 Å². The van der Waals surface area contributed by atoms with E-state index >= 15 is 0 Å². The molecule has 0 spiro atoms. The van der Waals surface area contributed by atoms with E-state index in [1.807, 2.05) is 30.5 Å². The number of aryl methyl sites for hydroxylation is 1. The van der Waals surface area contributed by atoms with Crippen LogP contribution in [-0.2, 0) is 19.4 Å². The predicted molar refractivity (Wildman–Crippen MR) is 120 cm³/mol. The maximum Gasteiger partial charge on any atom is 0.0991 e. The van der Waals surface area contributed by atoms with Gasteiger partial charge < -0.3 is 4.98 Å². The molecule has 31 heavy (non-hydrogen) atoms. The molecular formula is C26H27N5. The van der Waals surface area contributed by atoms with Gasteiger partial charge in [-0.1, -0.05) is 42.0 Å². The number of H-pyrrole nitrogens is 1. The summed E-state index contributed by atoms with van der Waals surface area (Å²) in [6.45, 7) is 4.67. The van der Waals surface area contributed by atoms with Gasteiger partial charge in [0, 0.05) is 31.5 Å². The molecule has 0 bridgehead atoms. The molecule has 2 atom stereocenters. The van der Waals surface area contributed by atoms with Gasteiger partial charge in [0.2, 0.25) is 0 Å². The minimum Gasteiger partial charge on any atom is -0.347 e. The lowest BCUT2D eigenvalue weighted by Gasteiger charge is -2.44. The highest BCUT2D eigenvalue weighted by molar-refractivity contribution is 5.32. The third-order valence-electron chi connectivity index (χ3n) is 6.47. The Kier molecular flexibility index (Phi) is 6.16. The number of piperidine rings is 1. The Morgan fingerprint density at radius 2 is 2.00 bits per heavy atom. The van der Waals surface area contributed by atoms with Crippen molar-refractivity contribution in [3.63, 3.8) is 0 Å². The minimum absolute atomic E-state index is 0.197. The van der Waals surface area contributed by atoms with Crippen LogP contribution in [0.3, 0.4) is 0 Å². The van der Waals surface area contributed by atoms with Crippen LogP contribution in [-0.4, -0.2) is 28.0 Å². The highest BCUT2D eigenvalue weighted by Crippen LogP contribution is 2.41. The van der Waals surface area contributed by atoms with Crippen molar-refractivity contribution in [2.24, 2.45) is 11.3 Å². The molecule has 3 aromatic rings. The van der Waals surface area contributed by atoms with Crippen molar-refractivity contribution in [3.8, 4) is 12.1 Å². The van der Waals surface area contributed by atoms with E-state index < -0.39 is 5.41 Å². The summed E-state index contributed by atoms with van der Waals surface area (Å²) in [6, 6.07) is 21.3. The van der Waals surface area contributed by atoms with Crippen molar-refractivity contribution in [1.82, 2.24) is 14.9 Å². The van der Waals surface area contributed by atoms with E-state index in [0.29, 0.717) is 5.56 Å². The van der Waals surface area contributed by atoms with Crippen molar-refractivity contribution in [2.45, 2.75) is 32.7 Å². The zero-order valence-electron chi connectivity index (χ0n) is 17.9. The van der Waals surface area contributed by atoms with Crippen molar-refractivity contribution >= 4 is 0 Å². The van der Waals surface area contributed by atoms with Crippen LogP contribution in [0.5, 0.6) is 0 Å². The molecule has 5 heteroatoms. The molecule has 1 aliphatic rings. The van der Waals surface area contributed by atoms with Crippen LogP contribution < -0.4 is 0 Å². The summed E-state index contributed by atoms with van der Waals surface area (Å²) >= 11 is 0. The molecule has 0 saturated carbocycles. The molecule has 1 aromatic heterocycles. The van der Waals surface area contributed by atoms with Gasteiger partial charge in [-0.15, -0.1) is 0 Å². The number of nitriles is 2. The van der Waals surface area contributed by atoms with Gasteiger partial charge in [0.15, 0.2) is 0 Å². The van der Waals surface area contributed by atoms with Gasteiger partial charge in [0.25, 0.3) is 0 Å². The Bertz CT molecular complexity index is 1090. The van der Waals surface area contributed by atoms with Gasteiger partial charge in [-0.3, -0.25) is 4.90 Å². The van der Waals surface area contributed by atoms with Crippen LogP contribution in [0.2, 0.25) is 0 Å². The number of aromatic amines is 1. The fourth-order valence-corrected chi connectivity index (χ4v) is 4.76. The monoisotopic (exact) mass is 409 g/mol. The van der Waals surface area contributed by atoms with Crippen molar-refractivity contribution in [1.29, 1.82) is 10.5 Å². The summed E-state index contributed by atoms with van der Waals surface area (Å²) in [5, 5.41) is 19.5. The lowest BCUT2D eigenvalue weighted by Crippen LogP contribution is -2.48. The molecule has 1 N–H and O–H groups in total. The van der Waals surface area contributed by atoms with Gasteiger partial charge in [-0.25, -0.2) is 4.98 Å². The smallest absolute Gasteiger partial charge is 0.0991 e. The average molecular weight is 410 g/mol. The number of hydrogen-bond acceptors (Lipinski definition) is 4. The summed E-state index contributed by atoms with van der Waals surface area (Å²) in [5.74, 6) is 0.197. The Morgan fingerprint density at radius 3 is 2.68 bits per heavy atom. The Morgan fingerprint density at radius 1 is 1.16 bits per heavy atom. The molecule has 1 saturated heterocycles. The van der Waals surface area contributed by atoms with Gasteiger partial charge in [-0.2, -0.15) is 10.5 Å².